The number of carbonyl (C=O) groups is 2. The second kappa shape index (κ2) is 36.7. The normalized spacial score (nSPS) is 11.9. The number of rotatable bonds is 39. The molecule has 0 spiro atoms. The lowest BCUT2D eigenvalue weighted by Gasteiger charge is -2.29. The van der Waals surface area contributed by atoms with Crippen molar-refractivity contribution in [3.8, 4) is 0 Å². The highest BCUT2D eigenvalue weighted by molar-refractivity contribution is 5.68. The maximum Gasteiger partial charge on any atom is 0.410 e. The summed E-state index contributed by atoms with van der Waals surface area (Å²) in [6.45, 7) is 29.2. The standard InChI is InChI=1S/C62H112N4O4/c1-13-15-17-19-21-23-25-27-29-31-33-35-41-57-51-53(3)49-55(5)65(57)47-39-45-63(59(67)69-61(7,8)9)43-37-38-44-64(60(68)70-62(10,11)12)46-40-48-66-56(6)50-54(4)52-58(66)42-36-34-32-30-28-26-24-22-20-18-16-14-2/h49-52H,13-48H2,1-12H3/q+2. The zero-order valence-electron chi connectivity index (χ0n) is 48.2. The fourth-order valence-corrected chi connectivity index (χ4v) is 10.1. The highest BCUT2D eigenvalue weighted by Crippen LogP contribution is 2.18. The Morgan fingerprint density at radius 3 is 0.957 bits per heavy atom. The molecule has 0 aliphatic rings. The Morgan fingerprint density at radius 1 is 0.400 bits per heavy atom. The van der Waals surface area contributed by atoms with Crippen molar-refractivity contribution in [3.05, 3.63) is 58.2 Å². The van der Waals surface area contributed by atoms with Gasteiger partial charge >= 0.3 is 12.2 Å². The number of aromatic nitrogens is 2. The van der Waals surface area contributed by atoms with Crippen LogP contribution in [0.15, 0.2) is 24.3 Å². The quantitative estimate of drug-likeness (QED) is 0.0494. The monoisotopic (exact) mass is 977 g/mol. The van der Waals surface area contributed by atoms with E-state index in [1.807, 2.05) is 51.3 Å². The molecule has 0 fully saturated rings. The average molecular weight is 978 g/mol. The van der Waals surface area contributed by atoms with Gasteiger partial charge in [-0.05, 0) is 92.2 Å². The lowest BCUT2D eigenvalue weighted by molar-refractivity contribution is -0.710. The molecule has 0 atom stereocenters. The van der Waals surface area contributed by atoms with Gasteiger partial charge in [0.05, 0.1) is 0 Å². The van der Waals surface area contributed by atoms with Crippen molar-refractivity contribution in [2.75, 3.05) is 26.2 Å². The van der Waals surface area contributed by atoms with Gasteiger partial charge in [-0.3, -0.25) is 0 Å². The molecule has 402 valence electrons. The van der Waals surface area contributed by atoms with E-state index >= 15 is 0 Å². The summed E-state index contributed by atoms with van der Waals surface area (Å²) in [7, 11) is 0. The molecule has 0 aliphatic heterocycles. The van der Waals surface area contributed by atoms with E-state index in [-0.39, 0.29) is 12.2 Å². The molecule has 2 aromatic rings. The zero-order chi connectivity index (χ0) is 51.6. The van der Waals surface area contributed by atoms with E-state index in [1.54, 1.807) is 0 Å². The summed E-state index contributed by atoms with van der Waals surface area (Å²) < 4.78 is 16.9. The van der Waals surface area contributed by atoms with Gasteiger partial charge in [0.15, 0.2) is 35.9 Å². The number of aryl methyl sites for hydroxylation is 6. The number of amides is 2. The first-order valence-electron chi connectivity index (χ1n) is 29.4. The van der Waals surface area contributed by atoms with Gasteiger partial charge in [-0.25, -0.2) is 9.59 Å². The molecule has 8 nitrogen and oxygen atoms in total. The zero-order valence-corrected chi connectivity index (χ0v) is 48.2. The van der Waals surface area contributed by atoms with Gasteiger partial charge in [0.2, 0.25) is 0 Å². The van der Waals surface area contributed by atoms with Crippen LogP contribution in [0.1, 0.15) is 269 Å². The Labute approximate surface area is 432 Å². The van der Waals surface area contributed by atoms with Crippen molar-refractivity contribution < 1.29 is 28.2 Å². The summed E-state index contributed by atoms with van der Waals surface area (Å²) in [5.74, 6) is 0. The third-order valence-corrected chi connectivity index (χ3v) is 13.8. The minimum atomic E-state index is -0.576. The highest BCUT2D eigenvalue weighted by Gasteiger charge is 2.26. The molecule has 0 saturated carbocycles. The molecule has 0 saturated heterocycles. The summed E-state index contributed by atoms with van der Waals surface area (Å²) >= 11 is 0. The first-order chi connectivity index (χ1) is 33.4. The van der Waals surface area contributed by atoms with Crippen LogP contribution in [-0.2, 0) is 35.4 Å². The van der Waals surface area contributed by atoms with Crippen LogP contribution >= 0.6 is 0 Å². The van der Waals surface area contributed by atoms with Crippen LogP contribution < -0.4 is 9.13 Å². The third-order valence-electron chi connectivity index (χ3n) is 13.8. The Hall–Kier alpha value is -3.16. The molecule has 2 rings (SSSR count). The first kappa shape index (κ1) is 63.0. The minimum absolute atomic E-state index is 0.261. The van der Waals surface area contributed by atoms with E-state index in [0.29, 0.717) is 26.2 Å². The van der Waals surface area contributed by atoms with Gasteiger partial charge in [0.1, 0.15) is 11.2 Å². The summed E-state index contributed by atoms with van der Waals surface area (Å²) in [6, 6.07) is 9.31. The molecule has 70 heavy (non-hydrogen) atoms. The van der Waals surface area contributed by atoms with Gasteiger partial charge in [-0.2, -0.15) is 9.13 Å². The topological polar surface area (TPSA) is 66.8 Å². The molecule has 0 aliphatic carbocycles. The van der Waals surface area contributed by atoms with Crippen molar-refractivity contribution in [1.29, 1.82) is 0 Å². The molecular formula is C62H112N4O4+2. The molecule has 0 bridgehead atoms. The molecule has 2 aromatic heterocycles. The van der Waals surface area contributed by atoms with Crippen LogP contribution in [0.3, 0.4) is 0 Å². The Balaban J connectivity index is 1.96. The summed E-state index contributed by atoms with van der Waals surface area (Å²) in [6.07, 6.45) is 37.5. The number of pyridine rings is 2. The summed E-state index contributed by atoms with van der Waals surface area (Å²) in [5.41, 5.74) is 6.86. The fourth-order valence-electron chi connectivity index (χ4n) is 10.1. The van der Waals surface area contributed by atoms with E-state index in [1.165, 1.54) is 188 Å². The summed E-state index contributed by atoms with van der Waals surface area (Å²) in [5, 5.41) is 0. The van der Waals surface area contributed by atoms with Crippen LogP contribution in [0.4, 0.5) is 9.59 Å². The van der Waals surface area contributed by atoms with Gasteiger partial charge in [-0.15, -0.1) is 0 Å². The molecule has 0 unspecified atom stereocenters. The maximum absolute atomic E-state index is 13.7. The number of hydrogen-bond donors (Lipinski definition) is 0. The smallest absolute Gasteiger partial charge is 0.410 e. The van der Waals surface area contributed by atoms with Crippen molar-refractivity contribution >= 4 is 12.2 Å². The Morgan fingerprint density at radius 2 is 0.671 bits per heavy atom. The lowest BCUT2D eigenvalue weighted by Crippen LogP contribution is -2.45. The van der Waals surface area contributed by atoms with E-state index in [0.717, 1.165) is 51.6 Å². The fraction of sp³-hybridized carbons (Fsp3) is 0.806. The predicted molar refractivity (Wildman–Crippen MR) is 296 cm³/mol. The van der Waals surface area contributed by atoms with Crippen LogP contribution in [0, 0.1) is 27.7 Å². The highest BCUT2D eigenvalue weighted by atomic mass is 16.6. The van der Waals surface area contributed by atoms with Gasteiger partial charge in [0, 0.05) is 90.0 Å². The van der Waals surface area contributed by atoms with Crippen LogP contribution in [0.5, 0.6) is 0 Å². The van der Waals surface area contributed by atoms with Crippen molar-refractivity contribution in [2.24, 2.45) is 0 Å². The lowest BCUT2D eigenvalue weighted by atomic mass is 10.0. The largest absolute Gasteiger partial charge is 0.444 e. The molecule has 0 aromatic carbocycles. The number of carbonyl (C=O) groups excluding carboxylic acids is 2. The van der Waals surface area contributed by atoms with E-state index in [9.17, 15) is 9.59 Å². The summed E-state index contributed by atoms with van der Waals surface area (Å²) in [4.78, 5) is 31.1. The van der Waals surface area contributed by atoms with Crippen LogP contribution in [0.25, 0.3) is 0 Å². The van der Waals surface area contributed by atoms with Crippen molar-refractivity contribution in [2.45, 2.75) is 300 Å². The number of nitrogens with zero attached hydrogens (tertiary/aromatic N) is 4. The second-order valence-electron chi connectivity index (χ2n) is 23.3. The van der Waals surface area contributed by atoms with Gasteiger partial charge in [0.25, 0.3) is 0 Å². The van der Waals surface area contributed by atoms with Crippen molar-refractivity contribution in [1.82, 2.24) is 9.80 Å². The third kappa shape index (κ3) is 30.0. The molecule has 2 heterocycles. The van der Waals surface area contributed by atoms with E-state index in [2.05, 4.69) is 74.9 Å². The predicted octanol–water partition coefficient (Wildman–Crippen LogP) is 16.7. The maximum atomic E-state index is 13.7. The number of unbranched alkanes of at least 4 members (excludes halogenated alkanes) is 23. The van der Waals surface area contributed by atoms with Crippen LogP contribution in [0.2, 0.25) is 0 Å². The molecule has 0 N–H and O–H groups in total. The van der Waals surface area contributed by atoms with Gasteiger partial charge in [-0.1, -0.05) is 155 Å². The number of hydrogen-bond acceptors (Lipinski definition) is 4. The van der Waals surface area contributed by atoms with E-state index < -0.39 is 11.2 Å². The molecule has 0 radical (unpaired) electrons. The van der Waals surface area contributed by atoms with Crippen molar-refractivity contribution in [3.63, 3.8) is 0 Å². The minimum Gasteiger partial charge on any atom is -0.444 e. The molecular weight excluding hydrogens is 865 g/mol. The average Bonchev–Trinajstić information content (AvgIpc) is 3.27. The molecule has 8 heteroatoms. The van der Waals surface area contributed by atoms with Crippen LogP contribution in [-0.4, -0.2) is 59.4 Å². The SMILES string of the molecule is CCCCCCCCCCCCCCc1cc(C)cc(C)[n+]1CCCN(CCCCN(CCC[n+]1c(C)cc(C)cc1CCCCCCCCCCCCCC)C(=O)OC(C)(C)C)C(=O)OC(C)(C)C. The van der Waals surface area contributed by atoms with Gasteiger partial charge < -0.3 is 19.3 Å². The van der Waals surface area contributed by atoms with E-state index in [4.69, 9.17) is 9.47 Å². The Bertz CT molecular complexity index is 1570. The first-order valence-corrected chi connectivity index (χ1v) is 29.4. The second-order valence-corrected chi connectivity index (χ2v) is 23.3. The molecule has 2 amide bonds. The number of ether oxygens (including phenoxy) is 2. The Kier molecular flexibility index (Phi) is 33.0.